The molecule has 0 aliphatic heterocycles. The van der Waals surface area contributed by atoms with Crippen molar-refractivity contribution in [3.8, 4) is 22.7 Å². The van der Waals surface area contributed by atoms with E-state index >= 15 is 0 Å². The number of aromatic nitrogens is 2. The number of methoxy groups -OCH3 is 1. The number of ether oxygens (including phenoxy) is 1. The first-order chi connectivity index (χ1) is 12.2. The highest BCUT2D eigenvalue weighted by Crippen LogP contribution is 2.33. The van der Waals surface area contributed by atoms with Crippen LogP contribution in [0.1, 0.15) is 17.7 Å². The first-order valence-electron chi connectivity index (χ1n) is 8.35. The van der Waals surface area contributed by atoms with Gasteiger partial charge in [-0.15, -0.1) is 0 Å². The van der Waals surface area contributed by atoms with E-state index < -0.39 is 0 Å². The number of fused-ring (bicyclic) bond motifs is 1. The standard InChI is InChI=1S/C20H19ClN2O2/c1-25-17-9-6-15(7-10-17)23-19-11-8-16(24)12-18(19)20(22-23)13-2-4-14(21)5-3-13/h2-7,9-10,16,24H,8,11-12H2,1H3/t16-/m1/s1. The minimum Gasteiger partial charge on any atom is -0.497 e. The summed E-state index contributed by atoms with van der Waals surface area (Å²) in [4.78, 5) is 0. The molecule has 1 aromatic heterocycles. The number of rotatable bonds is 3. The summed E-state index contributed by atoms with van der Waals surface area (Å²) in [5.74, 6) is 0.818. The van der Waals surface area contributed by atoms with Crippen molar-refractivity contribution in [1.82, 2.24) is 9.78 Å². The zero-order chi connectivity index (χ0) is 17.4. The van der Waals surface area contributed by atoms with Gasteiger partial charge in [-0.05, 0) is 49.2 Å². The van der Waals surface area contributed by atoms with E-state index in [1.54, 1.807) is 7.11 Å². The molecule has 0 saturated heterocycles. The maximum Gasteiger partial charge on any atom is 0.119 e. The SMILES string of the molecule is COc1ccc(-n2nc(-c3ccc(Cl)cc3)c3c2CC[C@@H](O)C3)cc1. The number of halogens is 1. The third-order valence-electron chi connectivity index (χ3n) is 4.68. The number of nitrogens with zero attached hydrogens (tertiary/aromatic N) is 2. The fourth-order valence-electron chi connectivity index (χ4n) is 3.37. The summed E-state index contributed by atoms with van der Waals surface area (Å²) in [6, 6.07) is 15.6. The average Bonchev–Trinajstić information content (AvgIpc) is 3.01. The summed E-state index contributed by atoms with van der Waals surface area (Å²) >= 11 is 6.02. The second kappa shape index (κ2) is 6.54. The first-order valence-corrected chi connectivity index (χ1v) is 8.72. The molecule has 1 aliphatic rings. The largest absolute Gasteiger partial charge is 0.497 e. The first kappa shape index (κ1) is 16.2. The normalized spacial score (nSPS) is 16.5. The van der Waals surface area contributed by atoms with E-state index in [4.69, 9.17) is 21.4 Å². The highest BCUT2D eigenvalue weighted by atomic mass is 35.5. The number of hydrogen-bond donors (Lipinski definition) is 1. The number of benzene rings is 2. The van der Waals surface area contributed by atoms with Gasteiger partial charge in [0.05, 0.1) is 24.6 Å². The minimum atomic E-state index is -0.313. The quantitative estimate of drug-likeness (QED) is 0.771. The van der Waals surface area contributed by atoms with Crippen LogP contribution in [0.25, 0.3) is 16.9 Å². The molecular formula is C20H19ClN2O2. The molecule has 25 heavy (non-hydrogen) atoms. The molecule has 0 fully saturated rings. The van der Waals surface area contributed by atoms with Gasteiger partial charge in [0, 0.05) is 28.3 Å². The van der Waals surface area contributed by atoms with E-state index in [1.807, 2.05) is 53.2 Å². The van der Waals surface area contributed by atoms with Crippen LogP contribution in [0.2, 0.25) is 5.02 Å². The van der Waals surface area contributed by atoms with Crippen LogP contribution in [0.5, 0.6) is 5.75 Å². The van der Waals surface area contributed by atoms with Crippen LogP contribution in [0.4, 0.5) is 0 Å². The summed E-state index contributed by atoms with van der Waals surface area (Å²) in [6.45, 7) is 0. The molecule has 0 amide bonds. The Morgan fingerprint density at radius 1 is 1.12 bits per heavy atom. The highest BCUT2D eigenvalue weighted by Gasteiger charge is 2.26. The molecule has 0 saturated carbocycles. The molecule has 1 atom stereocenters. The Morgan fingerprint density at radius 2 is 1.84 bits per heavy atom. The van der Waals surface area contributed by atoms with Crippen LogP contribution in [0.3, 0.4) is 0 Å². The van der Waals surface area contributed by atoms with Gasteiger partial charge in [-0.2, -0.15) is 5.10 Å². The van der Waals surface area contributed by atoms with Crippen LogP contribution in [0.15, 0.2) is 48.5 Å². The predicted molar refractivity (Wildman–Crippen MR) is 98.6 cm³/mol. The predicted octanol–water partition coefficient (Wildman–Crippen LogP) is 4.05. The van der Waals surface area contributed by atoms with Gasteiger partial charge in [-0.3, -0.25) is 0 Å². The molecule has 1 aliphatic carbocycles. The van der Waals surface area contributed by atoms with E-state index in [1.165, 1.54) is 5.69 Å². The van der Waals surface area contributed by atoms with Crippen molar-refractivity contribution >= 4 is 11.6 Å². The number of aliphatic hydroxyl groups is 1. The molecule has 2 aromatic carbocycles. The lowest BCUT2D eigenvalue weighted by Crippen LogP contribution is -2.19. The van der Waals surface area contributed by atoms with Gasteiger partial charge in [0.1, 0.15) is 5.75 Å². The van der Waals surface area contributed by atoms with Gasteiger partial charge in [0.25, 0.3) is 0 Å². The maximum absolute atomic E-state index is 10.1. The molecule has 0 unspecified atom stereocenters. The van der Waals surface area contributed by atoms with Crippen LogP contribution < -0.4 is 4.74 Å². The second-order valence-corrected chi connectivity index (χ2v) is 6.72. The van der Waals surface area contributed by atoms with Crippen molar-refractivity contribution in [3.05, 3.63) is 64.8 Å². The summed E-state index contributed by atoms with van der Waals surface area (Å²) in [5, 5.41) is 15.7. The van der Waals surface area contributed by atoms with E-state index in [-0.39, 0.29) is 6.10 Å². The van der Waals surface area contributed by atoms with Gasteiger partial charge in [0.2, 0.25) is 0 Å². The van der Waals surface area contributed by atoms with Gasteiger partial charge < -0.3 is 9.84 Å². The summed E-state index contributed by atoms with van der Waals surface area (Å²) < 4.78 is 7.23. The van der Waals surface area contributed by atoms with Crippen molar-refractivity contribution in [2.75, 3.05) is 7.11 Å². The lowest BCUT2D eigenvalue weighted by Gasteiger charge is -2.19. The molecule has 0 radical (unpaired) electrons. The Bertz CT molecular complexity index is 885. The summed E-state index contributed by atoms with van der Waals surface area (Å²) in [7, 11) is 1.66. The zero-order valence-electron chi connectivity index (χ0n) is 13.9. The third-order valence-corrected chi connectivity index (χ3v) is 4.93. The molecule has 128 valence electrons. The molecule has 1 N–H and O–H groups in total. The molecule has 4 rings (SSSR count). The Morgan fingerprint density at radius 3 is 2.52 bits per heavy atom. The molecule has 1 heterocycles. The lowest BCUT2D eigenvalue weighted by atomic mass is 9.91. The maximum atomic E-state index is 10.1. The van der Waals surface area contributed by atoms with Crippen LogP contribution in [0, 0.1) is 0 Å². The fourth-order valence-corrected chi connectivity index (χ4v) is 3.50. The molecule has 3 aromatic rings. The lowest BCUT2D eigenvalue weighted by molar-refractivity contribution is 0.158. The fraction of sp³-hybridized carbons (Fsp3) is 0.250. The second-order valence-electron chi connectivity index (χ2n) is 6.29. The van der Waals surface area contributed by atoms with Crippen molar-refractivity contribution in [1.29, 1.82) is 0 Å². The Kier molecular flexibility index (Phi) is 4.24. The molecule has 0 spiro atoms. The van der Waals surface area contributed by atoms with E-state index in [0.717, 1.165) is 41.1 Å². The van der Waals surface area contributed by atoms with Crippen LogP contribution in [-0.2, 0) is 12.8 Å². The Hall–Kier alpha value is -2.30. The van der Waals surface area contributed by atoms with Gasteiger partial charge >= 0.3 is 0 Å². The molecule has 4 nitrogen and oxygen atoms in total. The topological polar surface area (TPSA) is 47.3 Å². The van der Waals surface area contributed by atoms with Crippen molar-refractivity contribution in [3.63, 3.8) is 0 Å². The Balaban J connectivity index is 1.84. The molecular weight excluding hydrogens is 336 g/mol. The van der Waals surface area contributed by atoms with Crippen molar-refractivity contribution < 1.29 is 9.84 Å². The van der Waals surface area contributed by atoms with Gasteiger partial charge in [-0.25, -0.2) is 4.68 Å². The minimum absolute atomic E-state index is 0.313. The smallest absolute Gasteiger partial charge is 0.119 e. The summed E-state index contributed by atoms with van der Waals surface area (Å²) in [6.07, 6.45) is 1.88. The summed E-state index contributed by atoms with van der Waals surface area (Å²) in [5.41, 5.74) is 5.22. The monoisotopic (exact) mass is 354 g/mol. The average molecular weight is 355 g/mol. The van der Waals surface area contributed by atoms with Crippen molar-refractivity contribution in [2.45, 2.75) is 25.4 Å². The van der Waals surface area contributed by atoms with E-state index in [2.05, 4.69) is 0 Å². The Labute approximate surface area is 151 Å². The molecule has 5 heteroatoms. The van der Waals surface area contributed by atoms with Gasteiger partial charge in [-0.1, -0.05) is 23.7 Å². The van der Waals surface area contributed by atoms with Gasteiger partial charge in [0.15, 0.2) is 0 Å². The van der Waals surface area contributed by atoms with E-state index in [9.17, 15) is 5.11 Å². The van der Waals surface area contributed by atoms with Crippen molar-refractivity contribution in [2.24, 2.45) is 0 Å². The van der Waals surface area contributed by atoms with Crippen LogP contribution >= 0.6 is 11.6 Å². The number of aliphatic hydroxyl groups excluding tert-OH is 1. The highest BCUT2D eigenvalue weighted by molar-refractivity contribution is 6.30. The number of hydrogen-bond acceptors (Lipinski definition) is 3. The van der Waals surface area contributed by atoms with Crippen LogP contribution in [-0.4, -0.2) is 28.1 Å². The molecule has 0 bridgehead atoms. The zero-order valence-corrected chi connectivity index (χ0v) is 14.7. The van der Waals surface area contributed by atoms with E-state index in [0.29, 0.717) is 11.4 Å². The third kappa shape index (κ3) is 3.03.